The Bertz CT molecular complexity index is 532. The van der Waals surface area contributed by atoms with E-state index in [1.165, 1.54) is 0 Å². The molecule has 3 amide bonds. The van der Waals surface area contributed by atoms with Gasteiger partial charge in [0.1, 0.15) is 6.04 Å². The summed E-state index contributed by atoms with van der Waals surface area (Å²) in [6.07, 6.45) is 7.59. The second-order valence-electron chi connectivity index (χ2n) is 8.28. The molecule has 0 aliphatic carbocycles. The molecule has 2 saturated heterocycles. The normalized spacial score (nSPS) is 22.4. The van der Waals surface area contributed by atoms with Crippen LogP contribution in [0.4, 0.5) is 0 Å². The number of nitrogens with zero attached hydrogens (tertiary/aromatic N) is 2. The fourth-order valence-electron chi connectivity index (χ4n) is 4.36. The summed E-state index contributed by atoms with van der Waals surface area (Å²) in [5, 5.41) is 3.33. The SMILES string of the molecule is CCCCC(C(=O)N1CCC(CC(N)=O)CC1)N1CCN[C@@H](CCCC)C1=O. The monoisotopic (exact) mass is 394 g/mol. The first-order chi connectivity index (χ1) is 13.5. The Balaban J connectivity index is 2.02. The van der Waals surface area contributed by atoms with Gasteiger partial charge in [0.05, 0.1) is 6.04 Å². The zero-order valence-corrected chi connectivity index (χ0v) is 17.6. The van der Waals surface area contributed by atoms with E-state index in [2.05, 4.69) is 19.2 Å². The molecular weight excluding hydrogens is 356 g/mol. The Hall–Kier alpha value is -1.63. The minimum atomic E-state index is -0.355. The van der Waals surface area contributed by atoms with Gasteiger partial charge in [-0.05, 0) is 31.6 Å². The van der Waals surface area contributed by atoms with E-state index in [1.807, 2.05) is 9.80 Å². The third-order valence-electron chi connectivity index (χ3n) is 6.08. The molecule has 2 fully saturated rings. The smallest absolute Gasteiger partial charge is 0.245 e. The van der Waals surface area contributed by atoms with Crippen LogP contribution in [0, 0.1) is 5.92 Å². The van der Waals surface area contributed by atoms with Gasteiger partial charge in [0.25, 0.3) is 0 Å². The Kier molecular flexibility index (Phi) is 9.22. The number of hydrogen-bond donors (Lipinski definition) is 2. The maximum absolute atomic E-state index is 13.3. The molecule has 160 valence electrons. The average molecular weight is 395 g/mol. The number of unbranched alkanes of at least 4 members (excludes halogenated alkanes) is 2. The van der Waals surface area contributed by atoms with Gasteiger partial charge in [-0.3, -0.25) is 14.4 Å². The summed E-state index contributed by atoms with van der Waals surface area (Å²) < 4.78 is 0. The standard InChI is InChI=1S/C21H38N4O3/c1-3-5-7-17-20(27)25(14-11-23-17)18(8-6-4-2)21(28)24-12-9-16(10-13-24)15-19(22)26/h16-18,23H,3-15H2,1-2H3,(H2,22,26)/t17-,18?/m0/s1. The van der Waals surface area contributed by atoms with Crippen LogP contribution in [-0.4, -0.2) is 65.8 Å². The molecular formula is C21H38N4O3. The molecule has 2 aliphatic heterocycles. The van der Waals surface area contributed by atoms with Crippen molar-refractivity contribution in [3.05, 3.63) is 0 Å². The number of hydrogen-bond acceptors (Lipinski definition) is 4. The van der Waals surface area contributed by atoms with E-state index in [-0.39, 0.29) is 35.7 Å². The van der Waals surface area contributed by atoms with Gasteiger partial charge in [0.15, 0.2) is 0 Å². The molecule has 0 aromatic carbocycles. The van der Waals surface area contributed by atoms with E-state index in [4.69, 9.17) is 5.73 Å². The fraction of sp³-hybridized carbons (Fsp3) is 0.857. The van der Waals surface area contributed by atoms with Crippen molar-refractivity contribution in [2.45, 2.75) is 83.7 Å². The van der Waals surface area contributed by atoms with Crippen LogP contribution in [-0.2, 0) is 14.4 Å². The number of carbonyl (C=O) groups excluding carboxylic acids is 3. The van der Waals surface area contributed by atoms with Crippen LogP contribution < -0.4 is 11.1 Å². The van der Waals surface area contributed by atoms with Crippen LogP contribution in [0.15, 0.2) is 0 Å². The molecule has 0 radical (unpaired) electrons. The van der Waals surface area contributed by atoms with Gasteiger partial charge in [-0.2, -0.15) is 0 Å². The molecule has 7 heteroatoms. The fourth-order valence-corrected chi connectivity index (χ4v) is 4.36. The minimum Gasteiger partial charge on any atom is -0.370 e. The molecule has 3 N–H and O–H groups in total. The summed E-state index contributed by atoms with van der Waals surface area (Å²) in [4.78, 5) is 41.2. The van der Waals surface area contributed by atoms with E-state index < -0.39 is 0 Å². The van der Waals surface area contributed by atoms with Crippen LogP contribution in [0.25, 0.3) is 0 Å². The van der Waals surface area contributed by atoms with Crippen LogP contribution in [0.2, 0.25) is 0 Å². The third-order valence-corrected chi connectivity index (χ3v) is 6.08. The first kappa shape index (κ1) is 22.7. The molecule has 2 heterocycles. The Labute approximate surface area is 169 Å². The minimum absolute atomic E-state index is 0.0791. The maximum Gasteiger partial charge on any atom is 0.245 e. The zero-order chi connectivity index (χ0) is 20.5. The molecule has 0 bridgehead atoms. The lowest BCUT2D eigenvalue weighted by Gasteiger charge is -2.41. The Morgan fingerprint density at radius 3 is 2.43 bits per heavy atom. The molecule has 7 nitrogen and oxygen atoms in total. The van der Waals surface area contributed by atoms with Crippen molar-refractivity contribution in [3.63, 3.8) is 0 Å². The number of piperazine rings is 1. The van der Waals surface area contributed by atoms with Gasteiger partial charge in [-0.25, -0.2) is 0 Å². The van der Waals surface area contributed by atoms with Crippen molar-refractivity contribution < 1.29 is 14.4 Å². The van der Waals surface area contributed by atoms with Gasteiger partial charge in [-0.15, -0.1) is 0 Å². The van der Waals surface area contributed by atoms with Gasteiger partial charge < -0.3 is 20.9 Å². The summed E-state index contributed by atoms with van der Waals surface area (Å²) in [5.74, 6) is 0.165. The first-order valence-electron chi connectivity index (χ1n) is 11.1. The third kappa shape index (κ3) is 6.19. The summed E-state index contributed by atoms with van der Waals surface area (Å²) in [7, 11) is 0. The lowest BCUT2D eigenvalue weighted by atomic mass is 9.92. The lowest BCUT2D eigenvalue weighted by Crippen LogP contribution is -2.61. The quantitative estimate of drug-likeness (QED) is 0.589. The molecule has 0 saturated carbocycles. The highest BCUT2D eigenvalue weighted by molar-refractivity contribution is 5.90. The predicted octanol–water partition coefficient (Wildman–Crippen LogP) is 1.65. The number of carbonyl (C=O) groups is 3. The van der Waals surface area contributed by atoms with Gasteiger partial charge in [0, 0.05) is 32.6 Å². The highest BCUT2D eigenvalue weighted by atomic mass is 16.2. The molecule has 1 unspecified atom stereocenters. The number of nitrogens with one attached hydrogen (secondary N) is 1. The number of nitrogens with two attached hydrogens (primary N) is 1. The zero-order valence-electron chi connectivity index (χ0n) is 17.6. The highest BCUT2D eigenvalue weighted by Crippen LogP contribution is 2.23. The summed E-state index contributed by atoms with van der Waals surface area (Å²) >= 11 is 0. The van der Waals surface area contributed by atoms with Crippen LogP contribution in [0.1, 0.15) is 71.6 Å². The van der Waals surface area contributed by atoms with Crippen LogP contribution >= 0.6 is 0 Å². The number of primary amides is 1. The predicted molar refractivity (Wildman–Crippen MR) is 109 cm³/mol. The van der Waals surface area contributed by atoms with Crippen molar-refractivity contribution in [2.24, 2.45) is 11.7 Å². The van der Waals surface area contributed by atoms with Gasteiger partial charge in [-0.1, -0.05) is 39.5 Å². The van der Waals surface area contributed by atoms with Gasteiger partial charge in [0.2, 0.25) is 17.7 Å². The molecule has 0 aromatic rings. The van der Waals surface area contributed by atoms with Crippen LogP contribution in [0.3, 0.4) is 0 Å². The van der Waals surface area contributed by atoms with Crippen LogP contribution in [0.5, 0.6) is 0 Å². The Morgan fingerprint density at radius 1 is 1.14 bits per heavy atom. The van der Waals surface area contributed by atoms with Gasteiger partial charge >= 0.3 is 0 Å². The van der Waals surface area contributed by atoms with E-state index >= 15 is 0 Å². The molecule has 0 aromatic heterocycles. The van der Waals surface area contributed by atoms with Crippen molar-refractivity contribution in [1.82, 2.24) is 15.1 Å². The molecule has 2 aliphatic rings. The Morgan fingerprint density at radius 2 is 1.82 bits per heavy atom. The van der Waals surface area contributed by atoms with Crippen molar-refractivity contribution in [2.75, 3.05) is 26.2 Å². The van der Waals surface area contributed by atoms with E-state index in [0.29, 0.717) is 26.1 Å². The molecule has 2 rings (SSSR count). The van der Waals surface area contributed by atoms with E-state index in [9.17, 15) is 14.4 Å². The first-order valence-corrected chi connectivity index (χ1v) is 11.1. The molecule has 2 atom stereocenters. The number of amides is 3. The second-order valence-corrected chi connectivity index (χ2v) is 8.28. The second kappa shape index (κ2) is 11.4. The lowest BCUT2D eigenvalue weighted by molar-refractivity contribution is -0.150. The molecule has 28 heavy (non-hydrogen) atoms. The molecule has 0 spiro atoms. The number of likely N-dealkylation sites (tertiary alicyclic amines) is 1. The highest BCUT2D eigenvalue weighted by Gasteiger charge is 2.38. The summed E-state index contributed by atoms with van der Waals surface area (Å²) in [6.45, 7) is 6.88. The van der Waals surface area contributed by atoms with Crippen molar-refractivity contribution in [3.8, 4) is 0 Å². The van der Waals surface area contributed by atoms with Crippen molar-refractivity contribution >= 4 is 17.7 Å². The largest absolute Gasteiger partial charge is 0.370 e. The maximum atomic E-state index is 13.3. The average Bonchev–Trinajstić information content (AvgIpc) is 2.68. The number of piperidine rings is 1. The summed E-state index contributed by atoms with van der Waals surface area (Å²) in [5.41, 5.74) is 5.31. The number of rotatable bonds is 10. The van der Waals surface area contributed by atoms with E-state index in [0.717, 1.165) is 57.9 Å². The van der Waals surface area contributed by atoms with E-state index in [1.54, 1.807) is 0 Å². The van der Waals surface area contributed by atoms with Crippen molar-refractivity contribution in [1.29, 1.82) is 0 Å². The topological polar surface area (TPSA) is 95.7 Å². The summed E-state index contributed by atoms with van der Waals surface area (Å²) in [6, 6.07) is -0.515.